The molecule has 0 amide bonds. The highest BCUT2D eigenvalue weighted by Gasteiger charge is 2.28. The Morgan fingerprint density at radius 2 is 0.814 bits per heavy atom. The van der Waals surface area contributed by atoms with Crippen LogP contribution in [-0.2, 0) is 42.2 Å². The predicted octanol–water partition coefficient (Wildman–Crippen LogP) is 15.2. The summed E-state index contributed by atoms with van der Waals surface area (Å²) in [6, 6.07) is 0. The normalized spacial score (nSPS) is 14.4. The van der Waals surface area contributed by atoms with Gasteiger partial charge in [0.15, 0.2) is 6.10 Å². The molecule has 0 bridgehead atoms. The molecule has 0 heterocycles. The molecule has 0 rings (SSSR count). The van der Waals surface area contributed by atoms with Gasteiger partial charge in [-0.1, -0.05) is 194 Å². The van der Waals surface area contributed by atoms with Gasteiger partial charge in [0.2, 0.25) is 0 Å². The summed E-state index contributed by atoms with van der Waals surface area (Å²) < 4.78 is 39.2. The Morgan fingerprint density at radius 1 is 0.429 bits per heavy atom. The van der Waals surface area contributed by atoms with E-state index in [1.807, 2.05) is 30.4 Å². The third-order valence-corrected chi connectivity index (χ3v) is 11.3. The first-order valence-corrected chi connectivity index (χ1v) is 27.9. The number of esters is 3. The van der Waals surface area contributed by atoms with Crippen LogP contribution in [0.1, 0.15) is 188 Å². The average molecular weight is 997 g/mol. The third-order valence-electron chi connectivity index (χ3n) is 10.4. The minimum atomic E-state index is -4.79. The smallest absolute Gasteiger partial charge is 0.461 e. The van der Waals surface area contributed by atoms with E-state index in [9.17, 15) is 28.9 Å². The lowest BCUT2D eigenvalue weighted by Gasteiger charge is -2.21. The van der Waals surface area contributed by atoms with Crippen LogP contribution in [0.2, 0.25) is 0 Å². The maximum atomic E-state index is 12.8. The zero-order valence-electron chi connectivity index (χ0n) is 43.4. The molecule has 396 valence electrons. The van der Waals surface area contributed by atoms with Crippen LogP contribution >= 0.6 is 7.82 Å². The number of carbonyl (C=O) groups is 3. The molecule has 0 saturated carbocycles. The minimum absolute atomic E-state index is 0.0176. The van der Waals surface area contributed by atoms with Crippen LogP contribution in [0.15, 0.2) is 122 Å². The number of phosphoric acid groups is 1. The summed E-state index contributed by atoms with van der Waals surface area (Å²) in [5, 5.41) is 9.76. The summed E-state index contributed by atoms with van der Waals surface area (Å²) in [5.41, 5.74) is 0. The lowest BCUT2D eigenvalue weighted by molar-refractivity contribution is -0.161. The predicted molar refractivity (Wildman–Crippen MR) is 288 cm³/mol. The van der Waals surface area contributed by atoms with E-state index in [2.05, 4.69) is 106 Å². The van der Waals surface area contributed by atoms with E-state index < -0.39 is 64.4 Å². The Morgan fingerprint density at radius 3 is 1.30 bits per heavy atom. The van der Waals surface area contributed by atoms with Gasteiger partial charge in [-0.25, -0.2) is 4.57 Å². The Kier molecular flexibility index (Phi) is 48.2. The summed E-state index contributed by atoms with van der Waals surface area (Å²) in [5.74, 6) is -1.73. The number of phosphoric ester groups is 1. The van der Waals surface area contributed by atoms with Gasteiger partial charge in [0.1, 0.15) is 12.7 Å². The number of aliphatic hydroxyl groups excluding tert-OH is 1. The summed E-state index contributed by atoms with van der Waals surface area (Å²) in [6.45, 7) is 4.17. The zero-order chi connectivity index (χ0) is 51.3. The molecule has 11 nitrogen and oxygen atoms in total. The summed E-state index contributed by atoms with van der Waals surface area (Å²) in [7, 11) is -4.79. The molecule has 0 aromatic heterocycles. The first-order valence-electron chi connectivity index (χ1n) is 26.4. The van der Waals surface area contributed by atoms with Crippen LogP contribution in [0.5, 0.6) is 0 Å². The van der Waals surface area contributed by atoms with Crippen molar-refractivity contribution in [2.75, 3.05) is 26.4 Å². The average Bonchev–Trinajstić information content (AvgIpc) is 3.35. The van der Waals surface area contributed by atoms with Crippen molar-refractivity contribution >= 4 is 25.7 Å². The highest BCUT2D eigenvalue weighted by atomic mass is 31.2. The first-order chi connectivity index (χ1) is 34.2. The van der Waals surface area contributed by atoms with Gasteiger partial charge in [0.05, 0.1) is 26.2 Å². The molecule has 3 atom stereocenters. The second-order valence-electron chi connectivity index (χ2n) is 16.9. The van der Waals surface area contributed by atoms with E-state index in [4.69, 9.17) is 23.3 Å². The Balaban J connectivity index is 4.95. The zero-order valence-corrected chi connectivity index (χ0v) is 44.3. The first kappa shape index (κ1) is 65.9. The molecule has 0 aromatic carbocycles. The van der Waals surface area contributed by atoms with Crippen LogP contribution in [-0.4, -0.2) is 66.5 Å². The maximum Gasteiger partial charge on any atom is 0.472 e. The minimum Gasteiger partial charge on any atom is -0.461 e. The quantitative estimate of drug-likeness (QED) is 0.0197. The fourth-order valence-electron chi connectivity index (χ4n) is 6.44. The second-order valence-corrected chi connectivity index (χ2v) is 18.4. The van der Waals surface area contributed by atoms with Crippen LogP contribution in [0, 0.1) is 0 Å². The standard InChI is InChI=1S/C58H93O11P/c1-4-7-10-13-16-19-22-25-27-30-32-35-38-41-44-47-56(60)65-51-55(69-58(62)49-46-43-40-37-34-31-28-26-23-20-17-14-11-8-5-2)53-67-70(63,64)66-52-54(50-59)68-57(61)48-45-42-39-36-33-29-24-21-18-15-12-9-6-3/h7,9-10,12,16,18-19,21,25-29,32-33,35,39,41-42,44,54-55,59H,4-6,8,11,13-15,17,20,22-24,30-31,34,36-38,40,43,45-53H2,1-3H3,(H,63,64)/b10-7-,12-9-,19-16-,21-18-,27-25-,28-26-,33-29-,35-32-,42-39-,44-41-. The fraction of sp³-hybridized carbons (Fsp3) is 0.603. The molecule has 0 aliphatic heterocycles. The van der Waals surface area contributed by atoms with Crippen LogP contribution in [0.3, 0.4) is 0 Å². The monoisotopic (exact) mass is 997 g/mol. The number of ether oxygens (including phenoxy) is 3. The molecule has 0 spiro atoms. The summed E-state index contributed by atoms with van der Waals surface area (Å²) in [4.78, 5) is 48.3. The van der Waals surface area contributed by atoms with Crippen molar-refractivity contribution in [3.8, 4) is 0 Å². The molecule has 0 aliphatic carbocycles. The molecule has 3 unspecified atom stereocenters. The third kappa shape index (κ3) is 48.9. The highest BCUT2D eigenvalue weighted by Crippen LogP contribution is 2.43. The molecule has 12 heteroatoms. The molecule has 0 saturated heterocycles. The molecular formula is C58H93O11P. The molecule has 70 heavy (non-hydrogen) atoms. The van der Waals surface area contributed by atoms with E-state index in [-0.39, 0.29) is 19.3 Å². The number of unbranched alkanes of at least 4 members (excludes halogenated alkanes) is 11. The van der Waals surface area contributed by atoms with E-state index in [0.717, 1.165) is 89.9 Å². The Labute approximate surface area is 424 Å². The molecule has 0 radical (unpaired) electrons. The van der Waals surface area contributed by atoms with Gasteiger partial charge in [-0.3, -0.25) is 23.4 Å². The van der Waals surface area contributed by atoms with Crippen molar-refractivity contribution < 1.29 is 52.2 Å². The van der Waals surface area contributed by atoms with Gasteiger partial charge in [-0.2, -0.15) is 0 Å². The second kappa shape index (κ2) is 51.2. The van der Waals surface area contributed by atoms with E-state index in [1.54, 1.807) is 6.08 Å². The lowest BCUT2D eigenvalue weighted by Crippen LogP contribution is -2.30. The summed E-state index contributed by atoms with van der Waals surface area (Å²) >= 11 is 0. The molecule has 0 aliphatic rings. The number of hydrogen-bond donors (Lipinski definition) is 2. The van der Waals surface area contributed by atoms with Gasteiger partial charge in [0, 0.05) is 12.8 Å². The lowest BCUT2D eigenvalue weighted by atomic mass is 10.1. The number of hydrogen-bond acceptors (Lipinski definition) is 10. The van der Waals surface area contributed by atoms with Gasteiger partial charge in [0.25, 0.3) is 0 Å². The van der Waals surface area contributed by atoms with Crippen molar-refractivity contribution in [1.29, 1.82) is 0 Å². The van der Waals surface area contributed by atoms with Gasteiger partial charge < -0.3 is 24.2 Å². The van der Waals surface area contributed by atoms with Crippen molar-refractivity contribution in [2.24, 2.45) is 0 Å². The van der Waals surface area contributed by atoms with Crippen LogP contribution in [0.25, 0.3) is 0 Å². The van der Waals surface area contributed by atoms with Crippen LogP contribution < -0.4 is 0 Å². The largest absolute Gasteiger partial charge is 0.472 e. The summed E-state index contributed by atoms with van der Waals surface area (Å²) in [6.07, 6.45) is 62.1. The maximum absolute atomic E-state index is 12.8. The van der Waals surface area contributed by atoms with Crippen molar-refractivity contribution in [2.45, 2.75) is 200 Å². The number of rotatable bonds is 47. The van der Waals surface area contributed by atoms with Crippen LogP contribution in [0.4, 0.5) is 0 Å². The van der Waals surface area contributed by atoms with Crippen molar-refractivity contribution in [3.05, 3.63) is 122 Å². The number of allylic oxidation sites excluding steroid dienone is 19. The Hall–Kier alpha value is -4.12. The molecule has 2 N–H and O–H groups in total. The van der Waals surface area contributed by atoms with Gasteiger partial charge in [-0.05, 0) is 96.3 Å². The number of aliphatic hydroxyl groups is 1. The fourth-order valence-corrected chi connectivity index (χ4v) is 7.22. The van der Waals surface area contributed by atoms with Gasteiger partial charge in [-0.15, -0.1) is 0 Å². The molecule has 0 fully saturated rings. The Bertz CT molecular complexity index is 1630. The number of carbonyl (C=O) groups excluding carboxylic acids is 3. The van der Waals surface area contributed by atoms with E-state index in [0.29, 0.717) is 19.3 Å². The van der Waals surface area contributed by atoms with E-state index >= 15 is 0 Å². The molecular weight excluding hydrogens is 904 g/mol. The van der Waals surface area contributed by atoms with Gasteiger partial charge >= 0.3 is 25.7 Å². The highest BCUT2D eigenvalue weighted by molar-refractivity contribution is 7.47. The van der Waals surface area contributed by atoms with Crippen molar-refractivity contribution in [1.82, 2.24) is 0 Å². The topological polar surface area (TPSA) is 155 Å². The SMILES string of the molecule is CC/C=C\C/C=C\C/C=C\C/C=C\C/C=C\CC(=O)OCC(COP(=O)(O)OCC(CO)OC(=O)CC/C=C\C/C=C\C/C=C\C/C=C\CC)OC(=O)CCCCCCC/C=C\CCCCCCCC. The van der Waals surface area contributed by atoms with Crippen molar-refractivity contribution in [3.63, 3.8) is 0 Å². The van der Waals surface area contributed by atoms with E-state index in [1.165, 1.54) is 38.5 Å². The molecule has 0 aromatic rings.